The molecule has 2 aromatic carbocycles. The van der Waals surface area contributed by atoms with Gasteiger partial charge in [0.05, 0.1) is 29.8 Å². The number of carbonyl (C=O) groups is 3. The van der Waals surface area contributed by atoms with Gasteiger partial charge in [0.1, 0.15) is 16.8 Å². The van der Waals surface area contributed by atoms with Crippen molar-refractivity contribution in [1.82, 2.24) is 9.88 Å². The van der Waals surface area contributed by atoms with E-state index in [1.807, 2.05) is 6.07 Å². The van der Waals surface area contributed by atoms with Gasteiger partial charge in [0, 0.05) is 23.9 Å². The van der Waals surface area contributed by atoms with Crippen molar-refractivity contribution < 1.29 is 28.2 Å². The molecule has 2 saturated heterocycles. The van der Waals surface area contributed by atoms with Crippen LogP contribution in [0.1, 0.15) is 16.4 Å². The SMILES string of the molecule is O=C(COc1cccc([C@@H]2c3sc(=O)[nH]c3S[C@H]3C(=O)N(c4ccc(F)cc4)C(=O)[C@@H]23)c1)N1CCOCC1. The summed E-state index contributed by atoms with van der Waals surface area (Å²) in [7, 11) is 0. The lowest BCUT2D eigenvalue weighted by molar-refractivity contribution is -0.137. The highest BCUT2D eigenvalue weighted by atomic mass is 32.2. The number of aromatic amines is 1. The van der Waals surface area contributed by atoms with Crippen molar-refractivity contribution in [3.05, 3.63) is 74.5 Å². The van der Waals surface area contributed by atoms with Crippen LogP contribution in [0.3, 0.4) is 0 Å². The fourth-order valence-electron chi connectivity index (χ4n) is 5.07. The minimum absolute atomic E-state index is 0.144. The number of fused-ring (bicyclic) bond motifs is 2. The zero-order chi connectivity index (χ0) is 26.4. The number of ether oxygens (including phenoxy) is 2. The quantitative estimate of drug-likeness (QED) is 0.482. The molecule has 0 saturated carbocycles. The summed E-state index contributed by atoms with van der Waals surface area (Å²) in [6, 6.07) is 12.3. The number of hydrogen-bond acceptors (Lipinski definition) is 8. The van der Waals surface area contributed by atoms with Crippen LogP contribution in [0.25, 0.3) is 0 Å². The molecule has 4 heterocycles. The molecule has 196 valence electrons. The Balaban J connectivity index is 1.32. The average molecular weight is 556 g/mol. The van der Waals surface area contributed by atoms with Crippen molar-refractivity contribution in [1.29, 1.82) is 0 Å². The summed E-state index contributed by atoms with van der Waals surface area (Å²) in [5.74, 6) is -2.36. The van der Waals surface area contributed by atoms with Crippen molar-refractivity contribution in [2.24, 2.45) is 5.92 Å². The number of morpholine rings is 1. The van der Waals surface area contributed by atoms with E-state index in [0.29, 0.717) is 53.2 Å². The molecule has 0 aliphatic carbocycles. The second kappa shape index (κ2) is 10.0. The monoisotopic (exact) mass is 555 g/mol. The van der Waals surface area contributed by atoms with Crippen molar-refractivity contribution >= 4 is 46.5 Å². The van der Waals surface area contributed by atoms with E-state index in [9.17, 15) is 23.6 Å². The van der Waals surface area contributed by atoms with E-state index in [2.05, 4.69) is 4.98 Å². The maximum Gasteiger partial charge on any atom is 0.305 e. The van der Waals surface area contributed by atoms with E-state index in [0.717, 1.165) is 16.2 Å². The van der Waals surface area contributed by atoms with Crippen LogP contribution < -0.4 is 14.5 Å². The number of anilines is 1. The zero-order valence-corrected chi connectivity index (χ0v) is 21.6. The van der Waals surface area contributed by atoms with Gasteiger partial charge in [-0.15, -0.1) is 0 Å². The Morgan fingerprint density at radius 2 is 1.84 bits per heavy atom. The largest absolute Gasteiger partial charge is 0.484 e. The van der Waals surface area contributed by atoms with Crippen LogP contribution in [0.15, 0.2) is 58.4 Å². The summed E-state index contributed by atoms with van der Waals surface area (Å²) in [6.45, 7) is 1.87. The van der Waals surface area contributed by atoms with Gasteiger partial charge >= 0.3 is 4.87 Å². The normalized spacial score (nSPS) is 22.8. The molecule has 6 rings (SSSR count). The van der Waals surface area contributed by atoms with Gasteiger partial charge in [-0.2, -0.15) is 0 Å². The lowest BCUT2D eigenvalue weighted by Gasteiger charge is -2.30. The molecular weight excluding hydrogens is 533 g/mol. The van der Waals surface area contributed by atoms with E-state index in [1.54, 1.807) is 23.1 Å². The fourth-order valence-corrected chi connectivity index (χ4v) is 7.58. The molecule has 1 aromatic heterocycles. The number of thioether (sulfide) groups is 1. The van der Waals surface area contributed by atoms with Crippen molar-refractivity contribution in [3.8, 4) is 5.75 Å². The highest BCUT2D eigenvalue weighted by Crippen LogP contribution is 2.53. The van der Waals surface area contributed by atoms with Gasteiger partial charge in [-0.1, -0.05) is 35.2 Å². The smallest absolute Gasteiger partial charge is 0.305 e. The van der Waals surface area contributed by atoms with Gasteiger partial charge in [-0.3, -0.25) is 19.2 Å². The van der Waals surface area contributed by atoms with Gasteiger partial charge in [0.2, 0.25) is 11.8 Å². The second-order valence-corrected chi connectivity index (χ2v) is 11.3. The standard InChI is InChI=1S/C26H22FN3O6S2/c27-15-4-6-16(7-5-15)30-24(32)20-19(21-23(28-26(34)38-21)37-22(20)25(30)33)14-2-1-3-17(12-14)36-13-18(31)29-8-10-35-11-9-29/h1-7,12,19-20,22H,8-11,13H2,(H,28,34)/t19-,20-,22+/m0/s1. The number of benzene rings is 2. The number of nitrogens with one attached hydrogen (secondary N) is 1. The highest BCUT2D eigenvalue weighted by Gasteiger charge is 2.56. The number of hydrogen-bond donors (Lipinski definition) is 1. The topological polar surface area (TPSA) is 109 Å². The first-order chi connectivity index (χ1) is 18.4. The molecule has 3 atom stereocenters. The number of imide groups is 1. The fraction of sp³-hybridized carbons (Fsp3) is 0.308. The number of thiazole rings is 1. The van der Waals surface area contributed by atoms with Gasteiger partial charge in [0.25, 0.3) is 5.91 Å². The van der Waals surface area contributed by atoms with Gasteiger partial charge in [-0.25, -0.2) is 9.29 Å². The average Bonchev–Trinajstić information content (AvgIpc) is 3.42. The minimum Gasteiger partial charge on any atom is -0.484 e. The first-order valence-electron chi connectivity index (χ1n) is 12.0. The van der Waals surface area contributed by atoms with E-state index in [4.69, 9.17) is 9.47 Å². The van der Waals surface area contributed by atoms with Crippen LogP contribution in [0, 0.1) is 11.7 Å². The Labute approximate surface area is 224 Å². The lowest BCUT2D eigenvalue weighted by atomic mass is 9.83. The Bertz CT molecular complexity index is 1470. The summed E-state index contributed by atoms with van der Waals surface area (Å²) in [4.78, 5) is 58.0. The molecule has 2 fully saturated rings. The number of aromatic nitrogens is 1. The van der Waals surface area contributed by atoms with E-state index >= 15 is 0 Å². The number of carbonyl (C=O) groups excluding carboxylic acids is 3. The summed E-state index contributed by atoms with van der Waals surface area (Å²) in [6.07, 6.45) is 0. The van der Waals surface area contributed by atoms with Crippen LogP contribution in [-0.2, 0) is 19.1 Å². The molecule has 0 bridgehead atoms. The molecule has 3 aliphatic heterocycles. The lowest BCUT2D eigenvalue weighted by Crippen LogP contribution is -2.42. The third-order valence-corrected chi connectivity index (χ3v) is 9.25. The van der Waals surface area contributed by atoms with E-state index in [-0.39, 0.29) is 17.4 Å². The Kier molecular flexibility index (Phi) is 6.54. The van der Waals surface area contributed by atoms with Gasteiger partial charge in [-0.05, 0) is 42.0 Å². The van der Waals surface area contributed by atoms with Crippen molar-refractivity contribution in [2.75, 3.05) is 37.8 Å². The van der Waals surface area contributed by atoms with Gasteiger partial charge in [0.15, 0.2) is 6.61 Å². The van der Waals surface area contributed by atoms with Crippen molar-refractivity contribution in [2.45, 2.75) is 16.2 Å². The highest BCUT2D eigenvalue weighted by molar-refractivity contribution is 8.00. The first kappa shape index (κ1) is 24.8. The molecule has 3 aliphatic rings. The minimum atomic E-state index is -0.776. The van der Waals surface area contributed by atoms with E-state index in [1.165, 1.54) is 36.0 Å². The van der Waals surface area contributed by atoms with Crippen LogP contribution >= 0.6 is 23.1 Å². The molecule has 0 unspecified atom stereocenters. The van der Waals surface area contributed by atoms with Crippen LogP contribution in [-0.4, -0.2) is 65.8 Å². The number of nitrogens with zero attached hydrogens (tertiary/aromatic N) is 2. The van der Waals surface area contributed by atoms with Crippen LogP contribution in [0.4, 0.5) is 10.1 Å². The molecule has 38 heavy (non-hydrogen) atoms. The predicted molar refractivity (Wildman–Crippen MR) is 138 cm³/mol. The third kappa shape index (κ3) is 4.42. The van der Waals surface area contributed by atoms with Gasteiger partial charge < -0.3 is 19.4 Å². The summed E-state index contributed by atoms with van der Waals surface area (Å²) in [5, 5.41) is -0.204. The maximum atomic E-state index is 13.7. The molecule has 3 aromatic rings. The van der Waals surface area contributed by atoms with Crippen LogP contribution in [0.5, 0.6) is 5.75 Å². The predicted octanol–water partition coefficient (Wildman–Crippen LogP) is 2.61. The second-order valence-electron chi connectivity index (χ2n) is 9.09. The molecule has 0 radical (unpaired) electrons. The summed E-state index contributed by atoms with van der Waals surface area (Å²) in [5.41, 5.74) is 0.987. The zero-order valence-electron chi connectivity index (χ0n) is 19.9. The third-order valence-electron chi connectivity index (χ3n) is 6.85. The Hall–Kier alpha value is -3.48. The number of amides is 3. The molecule has 1 N–H and O–H groups in total. The number of H-pyrrole nitrogens is 1. The summed E-state index contributed by atoms with van der Waals surface area (Å²) < 4.78 is 24.6. The molecule has 3 amide bonds. The summed E-state index contributed by atoms with van der Waals surface area (Å²) >= 11 is 2.18. The first-order valence-corrected chi connectivity index (χ1v) is 13.7. The molecule has 12 heteroatoms. The maximum absolute atomic E-state index is 13.7. The number of rotatable bonds is 5. The molecular formula is C26H22FN3O6S2. The van der Waals surface area contributed by atoms with E-state index < -0.39 is 34.7 Å². The number of halogens is 1. The van der Waals surface area contributed by atoms with Crippen LogP contribution in [0.2, 0.25) is 0 Å². The molecule has 9 nitrogen and oxygen atoms in total. The molecule has 0 spiro atoms. The Morgan fingerprint density at radius 1 is 1.08 bits per heavy atom. The van der Waals surface area contributed by atoms with Crippen molar-refractivity contribution in [3.63, 3.8) is 0 Å². The Morgan fingerprint density at radius 3 is 2.61 bits per heavy atom.